The largest absolute Gasteiger partial charge is 0.465 e. The van der Waals surface area contributed by atoms with E-state index in [-0.39, 0.29) is 11.2 Å². The molecule has 0 heterocycles. The normalized spacial score (nSPS) is 13.2. The van der Waals surface area contributed by atoms with E-state index in [9.17, 15) is 4.79 Å². The van der Waals surface area contributed by atoms with Crippen molar-refractivity contribution in [1.82, 2.24) is 0 Å². The van der Waals surface area contributed by atoms with Crippen LogP contribution in [0.25, 0.3) is 0 Å². The highest BCUT2D eigenvalue weighted by Crippen LogP contribution is 2.11. The molecule has 2 nitrogen and oxygen atoms in total. The first-order valence-electron chi connectivity index (χ1n) is 3.92. The molecular weight excluding hydrogens is 160 g/mol. The zero-order valence-corrected chi connectivity index (χ0v) is 8.23. The molecule has 0 fully saturated rings. The van der Waals surface area contributed by atoms with Crippen LogP contribution in [-0.2, 0) is 9.53 Å². The van der Waals surface area contributed by atoms with E-state index in [2.05, 4.69) is 26.5 Å². The summed E-state index contributed by atoms with van der Waals surface area (Å²) in [5.74, 6) is 0.284. The van der Waals surface area contributed by atoms with Gasteiger partial charge >= 0.3 is 5.97 Å². The minimum Gasteiger partial charge on any atom is -0.465 e. The molecule has 0 aromatic rings. The second-order valence-corrected chi connectivity index (χ2v) is 3.52. The van der Waals surface area contributed by atoms with Gasteiger partial charge in [0.05, 0.1) is 11.9 Å². The van der Waals surface area contributed by atoms with Gasteiger partial charge in [-0.2, -0.15) is 12.6 Å². The van der Waals surface area contributed by atoms with Crippen molar-refractivity contribution in [1.29, 1.82) is 0 Å². The van der Waals surface area contributed by atoms with Gasteiger partial charge in [0.1, 0.15) is 0 Å². The zero-order chi connectivity index (χ0) is 8.85. The lowest BCUT2D eigenvalue weighted by Gasteiger charge is -2.11. The van der Waals surface area contributed by atoms with Crippen LogP contribution in [0, 0.1) is 5.92 Å². The SMILES string of the molecule is CCOC(=O)[C@@H](S)CC(C)C. The van der Waals surface area contributed by atoms with Gasteiger partial charge in [0, 0.05) is 0 Å². The average molecular weight is 176 g/mol. The van der Waals surface area contributed by atoms with Gasteiger partial charge in [-0.1, -0.05) is 13.8 Å². The second-order valence-electron chi connectivity index (χ2n) is 2.90. The molecule has 0 aliphatic carbocycles. The summed E-state index contributed by atoms with van der Waals surface area (Å²) in [5, 5.41) is -0.255. The summed E-state index contributed by atoms with van der Waals surface area (Å²) < 4.78 is 4.79. The Morgan fingerprint density at radius 1 is 1.55 bits per heavy atom. The van der Waals surface area contributed by atoms with Crippen LogP contribution in [0.4, 0.5) is 0 Å². The van der Waals surface area contributed by atoms with Gasteiger partial charge in [-0.25, -0.2) is 0 Å². The van der Waals surface area contributed by atoms with Gasteiger partial charge in [0.15, 0.2) is 0 Å². The van der Waals surface area contributed by atoms with Crippen molar-refractivity contribution in [2.24, 2.45) is 5.92 Å². The Bertz CT molecular complexity index is 123. The van der Waals surface area contributed by atoms with Crippen LogP contribution in [0.2, 0.25) is 0 Å². The van der Waals surface area contributed by atoms with Crippen molar-refractivity contribution in [3.8, 4) is 0 Å². The molecule has 0 aliphatic rings. The van der Waals surface area contributed by atoms with E-state index < -0.39 is 0 Å². The maximum absolute atomic E-state index is 11.0. The second kappa shape index (κ2) is 5.47. The van der Waals surface area contributed by atoms with Crippen molar-refractivity contribution in [2.45, 2.75) is 32.4 Å². The number of carbonyl (C=O) groups is 1. The lowest BCUT2D eigenvalue weighted by molar-refractivity contribution is -0.142. The van der Waals surface area contributed by atoms with E-state index in [1.165, 1.54) is 0 Å². The molecule has 0 saturated carbocycles. The van der Waals surface area contributed by atoms with Gasteiger partial charge in [-0.05, 0) is 19.3 Å². The number of esters is 1. The zero-order valence-electron chi connectivity index (χ0n) is 7.33. The maximum atomic E-state index is 11.0. The molecule has 0 aliphatic heterocycles. The van der Waals surface area contributed by atoms with Crippen LogP contribution in [0.1, 0.15) is 27.2 Å². The van der Waals surface area contributed by atoms with Gasteiger partial charge in [0.2, 0.25) is 0 Å². The van der Waals surface area contributed by atoms with Crippen LogP contribution in [0.5, 0.6) is 0 Å². The molecule has 0 amide bonds. The topological polar surface area (TPSA) is 26.3 Å². The van der Waals surface area contributed by atoms with E-state index in [4.69, 9.17) is 4.74 Å². The van der Waals surface area contributed by atoms with E-state index in [1.54, 1.807) is 6.92 Å². The molecular formula is C8H16O2S. The number of thiol groups is 1. The monoisotopic (exact) mass is 176 g/mol. The predicted octanol–water partition coefficient (Wildman–Crippen LogP) is 1.89. The van der Waals surface area contributed by atoms with Gasteiger partial charge in [0.25, 0.3) is 0 Å². The third-order valence-electron chi connectivity index (χ3n) is 1.25. The van der Waals surface area contributed by atoms with Crippen molar-refractivity contribution in [3.05, 3.63) is 0 Å². The van der Waals surface area contributed by atoms with Crippen LogP contribution in [0.3, 0.4) is 0 Å². The highest BCUT2D eigenvalue weighted by Gasteiger charge is 2.15. The van der Waals surface area contributed by atoms with Gasteiger partial charge in [-0.15, -0.1) is 0 Å². The summed E-state index contributed by atoms with van der Waals surface area (Å²) in [6.45, 7) is 6.35. The quantitative estimate of drug-likeness (QED) is 0.523. The van der Waals surface area contributed by atoms with Crippen molar-refractivity contribution in [3.63, 3.8) is 0 Å². The molecule has 0 saturated heterocycles. The Morgan fingerprint density at radius 2 is 2.09 bits per heavy atom. The number of rotatable bonds is 4. The van der Waals surface area contributed by atoms with E-state index in [0.717, 1.165) is 6.42 Å². The van der Waals surface area contributed by atoms with Crippen LogP contribution >= 0.6 is 12.6 Å². The average Bonchev–Trinajstić information content (AvgIpc) is 1.86. The van der Waals surface area contributed by atoms with Crippen molar-refractivity contribution in [2.75, 3.05) is 6.61 Å². The molecule has 11 heavy (non-hydrogen) atoms. The van der Waals surface area contributed by atoms with Crippen LogP contribution < -0.4 is 0 Å². The predicted molar refractivity (Wildman–Crippen MR) is 48.9 cm³/mol. The summed E-state index contributed by atoms with van der Waals surface area (Å²) >= 11 is 4.12. The molecule has 0 rings (SSSR count). The van der Waals surface area contributed by atoms with Crippen LogP contribution in [-0.4, -0.2) is 17.8 Å². The molecule has 3 heteroatoms. The number of carbonyl (C=O) groups excluding carboxylic acids is 1. The molecule has 0 aromatic carbocycles. The highest BCUT2D eigenvalue weighted by molar-refractivity contribution is 7.81. The summed E-state index contributed by atoms with van der Waals surface area (Å²) in [6, 6.07) is 0. The Hall–Kier alpha value is -0.180. The minimum atomic E-state index is -0.255. The molecule has 0 unspecified atom stereocenters. The third-order valence-corrected chi connectivity index (χ3v) is 1.67. The summed E-state index contributed by atoms with van der Waals surface area (Å²) in [6.07, 6.45) is 0.780. The minimum absolute atomic E-state index is 0.204. The van der Waals surface area contributed by atoms with Crippen LogP contribution in [0.15, 0.2) is 0 Å². The first-order valence-corrected chi connectivity index (χ1v) is 4.44. The highest BCUT2D eigenvalue weighted by atomic mass is 32.1. The first kappa shape index (κ1) is 10.8. The summed E-state index contributed by atoms with van der Waals surface area (Å²) in [7, 11) is 0. The fourth-order valence-electron chi connectivity index (χ4n) is 0.781. The summed E-state index contributed by atoms with van der Waals surface area (Å²) in [5.41, 5.74) is 0. The maximum Gasteiger partial charge on any atom is 0.318 e. The lowest BCUT2D eigenvalue weighted by atomic mass is 10.1. The lowest BCUT2D eigenvalue weighted by Crippen LogP contribution is -2.19. The van der Waals surface area contributed by atoms with E-state index in [0.29, 0.717) is 12.5 Å². The first-order chi connectivity index (χ1) is 5.07. The van der Waals surface area contributed by atoms with Gasteiger partial charge in [-0.3, -0.25) is 4.79 Å². The van der Waals surface area contributed by atoms with E-state index >= 15 is 0 Å². The van der Waals surface area contributed by atoms with Crippen molar-refractivity contribution >= 4 is 18.6 Å². The standard InChI is InChI=1S/C8H16O2S/c1-4-10-8(9)7(11)5-6(2)3/h6-7,11H,4-5H2,1-3H3/t7-/m0/s1. The fourth-order valence-corrected chi connectivity index (χ4v) is 1.28. The third kappa shape index (κ3) is 5.13. The number of hydrogen-bond donors (Lipinski definition) is 1. The van der Waals surface area contributed by atoms with E-state index in [1.807, 2.05) is 0 Å². The Labute approximate surface area is 73.7 Å². The smallest absolute Gasteiger partial charge is 0.318 e. The Morgan fingerprint density at radius 3 is 2.45 bits per heavy atom. The molecule has 0 N–H and O–H groups in total. The molecule has 0 bridgehead atoms. The molecule has 0 spiro atoms. The summed E-state index contributed by atoms with van der Waals surface area (Å²) in [4.78, 5) is 11.0. The molecule has 66 valence electrons. The molecule has 0 radical (unpaired) electrons. The fraction of sp³-hybridized carbons (Fsp3) is 0.875. The number of hydrogen-bond acceptors (Lipinski definition) is 3. The van der Waals surface area contributed by atoms with Gasteiger partial charge < -0.3 is 4.74 Å². The number of ether oxygens (including phenoxy) is 1. The molecule has 1 atom stereocenters. The Balaban J connectivity index is 3.64. The molecule has 0 aromatic heterocycles. The Kier molecular flexibility index (Phi) is 5.38. The van der Waals surface area contributed by atoms with Crippen molar-refractivity contribution < 1.29 is 9.53 Å².